The Balaban J connectivity index is 1.21. The Morgan fingerprint density at radius 2 is 1.54 bits per heavy atom. The van der Waals surface area contributed by atoms with Gasteiger partial charge in [0.2, 0.25) is 10.7 Å². The van der Waals surface area contributed by atoms with Crippen LogP contribution in [0.3, 0.4) is 0 Å². The minimum atomic E-state index is 0.00432. The summed E-state index contributed by atoms with van der Waals surface area (Å²) in [7, 11) is 0. The first-order chi connectivity index (χ1) is 17.1. The van der Waals surface area contributed by atoms with Gasteiger partial charge < -0.3 is 15.5 Å². The van der Waals surface area contributed by atoms with Gasteiger partial charge in [-0.25, -0.2) is 9.48 Å². The number of rotatable bonds is 6. The number of piperidine rings is 1. The van der Waals surface area contributed by atoms with E-state index in [-0.39, 0.29) is 12.1 Å². The number of carbonyl (C=O) groups excluding carboxylic acids is 1. The number of nitrogens with zero attached hydrogens (tertiary/aromatic N) is 5. The molecule has 0 radical (unpaired) electrons. The molecule has 2 amide bonds. The van der Waals surface area contributed by atoms with Crippen LogP contribution in [0.15, 0.2) is 24.3 Å². The fourth-order valence-corrected chi connectivity index (χ4v) is 5.88. The summed E-state index contributed by atoms with van der Waals surface area (Å²) in [6, 6.07) is 9.10. The summed E-state index contributed by atoms with van der Waals surface area (Å²) in [5.74, 6) is 0.951. The summed E-state index contributed by atoms with van der Waals surface area (Å²) in [6.45, 7) is 6.68. The average molecular weight is 498 g/mol. The molecule has 2 saturated heterocycles. The molecular formula is C26H39N7OS. The first-order valence-corrected chi connectivity index (χ1v) is 13.8. The molecule has 0 spiro atoms. The molecule has 5 rings (SSSR count). The van der Waals surface area contributed by atoms with Gasteiger partial charge in [-0.1, -0.05) is 37.0 Å². The lowest BCUT2D eigenvalue weighted by atomic mass is 9.96. The molecule has 1 aromatic heterocycles. The van der Waals surface area contributed by atoms with Crippen LogP contribution >= 0.6 is 12.2 Å². The molecule has 2 aromatic rings. The summed E-state index contributed by atoms with van der Waals surface area (Å²) in [5, 5.41) is 11.4. The third-order valence-corrected chi connectivity index (χ3v) is 8.09. The third-order valence-electron chi connectivity index (χ3n) is 7.70. The molecular weight excluding hydrogens is 458 g/mol. The zero-order valence-electron chi connectivity index (χ0n) is 20.9. The highest BCUT2D eigenvalue weighted by Crippen LogP contribution is 2.24. The lowest BCUT2D eigenvalue weighted by molar-refractivity contribution is 0.150. The summed E-state index contributed by atoms with van der Waals surface area (Å²) >= 11 is 5.93. The van der Waals surface area contributed by atoms with Crippen molar-refractivity contribution in [3.8, 4) is 5.69 Å². The van der Waals surface area contributed by atoms with E-state index < -0.39 is 0 Å². The second-order valence-corrected chi connectivity index (χ2v) is 10.8. The zero-order chi connectivity index (χ0) is 24.2. The van der Waals surface area contributed by atoms with Crippen molar-refractivity contribution >= 4 is 24.2 Å². The van der Waals surface area contributed by atoms with Crippen molar-refractivity contribution in [3.63, 3.8) is 0 Å². The van der Waals surface area contributed by atoms with Gasteiger partial charge in [0.1, 0.15) is 0 Å². The number of hydrogen-bond donors (Lipinski definition) is 2. The van der Waals surface area contributed by atoms with Gasteiger partial charge in [0.25, 0.3) is 0 Å². The van der Waals surface area contributed by atoms with Crippen molar-refractivity contribution in [1.82, 2.24) is 29.9 Å². The van der Waals surface area contributed by atoms with Crippen molar-refractivity contribution < 1.29 is 4.79 Å². The SMILES string of the molecule is Cc1ccc(-n2c(N3CCCC3)nn(CN3CCC(NC(=O)NC4CCCCC4)CC3)c2=S)cc1. The van der Waals surface area contributed by atoms with E-state index in [0.29, 0.717) is 12.7 Å². The van der Waals surface area contributed by atoms with Crippen molar-refractivity contribution in [2.75, 3.05) is 31.1 Å². The topological polar surface area (TPSA) is 70.4 Å². The van der Waals surface area contributed by atoms with Gasteiger partial charge in [-0.2, -0.15) is 0 Å². The Morgan fingerprint density at radius 1 is 0.914 bits per heavy atom. The molecule has 1 aromatic carbocycles. The summed E-state index contributed by atoms with van der Waals surface area (Å²) in [4.78, 5) is 17.2. The predicted molar refractivity (Wildman–Crippen MR) is 142 cm³/mol. The molecule has 3 aliphatic rings. The van der Waals surface area contributed by atoms with E-state index in [0.717, 1.165) is 68.3 Å². The highest BCUT2D eigenvalue weighted by atomic mass is 32.1. The lowest BCUT2D eigenvalue weighted by Crippen LogP contribution is -2.50. The number of likely N-dealkylation sites (tertiary alicyclic amines) is 1. The zero-order valence-corrected chi connectivity index (χ0v) is 21.7. The van der Waals surface area contributed by atoms with Crippen LogP contribution in [0.2, 0.25) is 0 Å². The van der Waals surface area contributed by atoms with Crippen LogP contribution in [-0.2, 0) is 6.67 Å². The van der Waals surface area contributed by atoms with E-state index >= 15 is 0 Å². The highest BCUT2D eigenvalue weighted by molar-refractivity contribution is 7.71. The Labute approximate surface area is 213 Å². The Morgan fingerprint density at radius 3 is 2.20 bits per heavy atom. The van der Waals surface area contributed by atoms with Crippen molar-refractivity contribution in [1.29, 1.82) is 0 Å². The Bertz CT molecular complexity index is 1040. The molecule has 3 heterocycles. The maximum Gasteiger partial charge on any atom is 0.315 e. The van der Waals surface area contributed by atoms with Crippen LogP contribution in [0.5, 0.6) is 0 Å². The lowest BCUT2D eigenvalue weighted by Gasteiger charge is -2.32. The molecule has 0 atom stereocenters. The van der Waals surface area contributed by atoms with Gasteiger partial charge in [-0.15, -0.1) is 5.10 Å². The third kappa shape index (κ3) is 5.89. The molecule has 3 fully saturated rings. The van der Waals surface area contributed by atoms with Crippen molar-refractivity contribution in [2.45, 2.75) is 83.5 Å². The van der Waals surface area contributed by atoms with Crippen LogP contribution < -0.4 is 15.5 Å². The first-order valence-electron chi connectivity index (χ1n) is 13.4. The number of benzene rings is 1. The number of anilines is 1. The monoisotopic (exact) mass is 497 g/mol. The van der Waals surface area contributed by atoms with Crippen LogP contribution in [0.4, 0.5) is 10.7 Å². The molecule has 9 heteroatoms. The fourth-order valence-electron chi connectivity index (χ4n) is 5.60. The van der Waals surface area contributed by atoms with Crippen molar-refractivity contribution in [3.05, 3.63) is 34.6 Å². The van der Waals surface area contributed by atoms with Crippen LogP contribution in [0.25, 0.3) is 5.69 Å². The van der Waals surface area contributed by atoms with Gasteiger partial charge in [-0.3, -0.25) is 9.47 Å². The van der Waals surface area contributed by atoms with E-state index in [2.05, 4.69) is 56.2 Å². The largest absolute Gasteiger partial charge is 0.341 e. The maximum absolute atomic E-state index is 12.4. The molecule has 0 unspecified atom stereocenters. The highest BCUT2D eigenvalue weighted by Gasteiger charge is 2.25. The fraction of sp³-hybridized carbons (Fsp3) is 0.654. The molecule has 1 aliphatic carbocycles. The molecule has 8 nitrogen and oxygen atoms in total. The van der Waals surface area contributed by atoms with Gasteiger partial charge in [0.05, 0.1) is 12.4 Å². The number of amides is 2. The quantitative estimate of drug-likeness (QED) is 0.580. The minimum absolute atomic E-state index is 0.00432. The van der Waals surface area contributed by atoms with Gasteiger partial charge >= 0.3 is 6.03 Å². The number of aryl methyl sites for hydroxylation is 1. The van der Waals surface area contributed by atoms with Gasteiger partial charge in [0.15, 0.2) is 0 Å². The summed E-state index contributed by atoms with van der Waals surface area (Å²) in [6.07, 6.45) is 10.3. The van der Waals surface area contributed by atoms with Gasteiger partial charge in [0, 0.05) is 38.3 Å². The number of nitrogens with one attached hydrogen (secondary N) is 2. The van der Waals surface area contributed by atoms with E-state index in [9.17, 15) is 4.79 Å². The Kier molecular flexibility index (Phi) is 7.72. The normalized spacial score (nSPS) is 20.3. The number of carbonyl (C=O) groups is 1. The van der Waals surface area contributed by atoms with E-state index in [1.54, 1.807) is 0 Å². The number of hydrogen-bond acceptors (Lipinski definition) is 5. The minimum Gasteiger partial charge on any atom is -0.341 e. The van der Waals surface area contributed by atoms with Crippen LogP contribution in [0, 0.1) is 11.7 Å². The smallest absolute Gasteiger partial charge is 0.315 e. The maximum atomic E-state index is 12.4. The van der Waals surface area contributed by atoms with E-state index in [1.165, 1.54) is 37.7 Å². The van der Waals surface area contributed by atoms with E-state index in [4.69, 9.17) is 17.3 Å². The standard InChI is InChI=1S/C26H39N7OS/c1-20-9-11-23(12-10-20)33-25(31-15-5-6-16-31)29-32(26(33)35)19-30-17-13-22(14-18-30)28-24(34)27-21-7-3-2-4-8-21/h9-12,21-22H,2-8,13-19H2,1H3,(H2,27,28,34). The molecule has 1 saturated carbocycles. The molecule has 0 bridgehead atoms. The second kappa shape index (κ2) is 11.1. The predicted octanol–water partition coefficient (Wildman–Crippen LogP) is 4.37. The van der Waals surface area contributed by atoms with Gasteiger partial charge in [-0.05, 0) is 69.8 Å². The molecule has 35 heavy (non-hydrogen) atoms. The molecule has 190 valence electrons. The van der Waals surface area contributed by atoms with Crippen LogP contribution in [-0.4, -0.2) is 63.5 Å². The van der Waals surface area contributed by atoms with E-state index in [1.807, 2.05) is 4.68 Å². The van der Waals surface area contributed by atoms with Crippen LogP contribution in [0.1, 0.15) is 63.4 Å². The number of aromatic nitrogens is 3. The van der Waals surface area contributed by atoms with Crippen molar-refractivity contribution in [2.24, 2.45) is 0 Å². The second-order valence-electron chi connectivity index (χ2n) is 10.4. The molecule has 2 N–H and O–H groups in total. The molecule has 2 aliphatic heterocycles. The number of urea groups is 1. The summed E-state index contributed by atoms with van der Waals surface area (Å²) in [5.41, 5.74) is 2.31. The first kappa shape index (κ1) is 24.3. The average Bonchev–Trinajstić information content (AvgIpc) is 3.50. The summed E-state index contributed by atoms with van der Waals surface area (Å²) < 4.78 is 4.85. The Hall–Kier alpha value is -2.39.